The van der Waals surface area contributed by atoms with E-state index >= 15 is 0 Å². The minimum atomic E-state index is -0.556. The first-order chi connectivity index (χ1) is 16.3. The van der Waals surface area contributed by atoms with Gasteiger partial charge in [-0.15, -0.1) is 11.3 Å². The van der Waals surface area contributed by atoms with Gasteiger partial charge in [0.2, 0.25) is 0 Å². The Kier molecular flexibility index (Phi) is 8.62. The number of carbonyl (C=O) groups is 3. The van der Waals surface area contributed by atoms with Crippen LogP contribution in [0.15, 0.2) is 18.2 Å². The Labute approximate surface area is 208 Å². The Morgan fingerprint density at radius 3 is 2.47 bits per heavy atom. The van der Waals surface area contributed by atoms with Crippen molar-refractivity contribution in [1.82, 2.24) is 0 Å². The fraction of sp³-hybridized carbons (Fsp3) is 0.417. The first kappa shape index (κ1) is 25.6. The van der Waals surface area contributed by atoms with Gasteiger partial charge < -0.3 is 24.8 Å². The standard InChI is InChI=1S/C24H28N2O6S2/c1-5-31-21(27)14-8-10-15(22(28)32-6-2)17(12-14)25-24(33)26-20-19(23(29)30-4)16-9-7-13(3)11-18(16)34-20/h8,10,12-13H,5-7,9,11H2,1-4H3,(H2,25,26,33). The molecule has 0 aliphatic heterocycles. The number of fused-ring (bicyclic) bond motifs is 1. The number of hydrogen-bond donors (Lipinski definition) is 2. The van der Waals surface area contributed by atoms with Gasteiger partial charge in [0.15, 0.2) is 5.11 Å². The number of methoxy groups -OCH3 is 1. The largest absolute Gasteiger partial charge is 0.465 e. The maximum Gasteiger partial charge on any atom is 0.341 e. The Balaban J connectivity index is 1.90. The van der Waals surface area contributed by atoms with Crippen molar-refractivity contribution in [3.05, 3.63) is 45.3 Å². The molecule has 3 rings (SSSR count). The number of esters is 3. The molecule has 2 aromatic rings. The normalized spacial score (nSPS) is 14.5. The number of carbonyl (C=O) groups excluding carboxylic acids is 3. The van der Waals surface area contributed by atoms with E-state index in [2.05, 4.69) is 17.6 Å². The highest BCUT2D eigenvalue weighted by Gasteiger charge is 2.28. The quantitative estimate of drug-likeness (QED) is 0.312. The summed E-state index contributed by atoms with van der Waals surface area (Å²) in [6, 6.07) is 4.47. The summed E-state index contributed by atoms with van der Waals surface area (Å²) in [6.45, 7) is 6.02. The minimum absolute atomic E-state index is 0.156. The van der Waals surface area contributed by atoms with Crippen LogP contribution in [-0.2, 0) is 27.1 Å². The molecule has 0 bridgehead atoms. The van der Waals surface area contributed by atoms with Gasteiger partial charge >= 0.3 is 17.9 Å². The third-order valence-electron chi connectivity index (χ3n) is 5.40. The summed E-state index contributed by atoms with van der Waals surface area (Å²) in [4.78, 5) is 38.4. The fourth-order valence-corrected chi connectivity index (χ4v) is 5.47. The van der Waals surface area contributed by atoms with Crippen LogP contribution in [0, 0.1) is 5.92 Å². The minimum Gasteiger partial charge on any atom is -0.465 e. The Morgan fingerprint density at radius 1 is 1.09 bits per heavy atom. The molecular weight excluding hydrogens is 476 g/mol. The molecule has 0 saturated heterocycles. The summed E-state index contributed by atoms with van der Waals surface area (Å²) in [6.07, 6.45) is 2.69. The van der Waals surface area contributed by atoms with Crippen LogP contribution in [0.1, 0.15) is 68.7 Å². The lowest BCUT2D eigenvalue weighted by atomic mass is 9.88. The summed E-state index contributed by atoms with van der Waals surface area (Å²) < 4.78 is 15.2. The molecule has 1 heterocycles. The van der Waals surface area contributed by atoms with Crippen LogP contribution in [0.5, 0.6) is 0 Å². The topological polar surface area (TPSA) is 103 Å². The molecule has 0 spiro atoms. The number of hydrogen-bond acceptors (Lipinski definition) is 8. The monoisotopic (exact) mass is 504 g/mol. The SMILES string of the molecule is CCOC(=O)c1ccc(C(=O)OCC)c(NC(=S)Nc2sc3c(c2C(=O)OC)CCC(C)C3)c1. The molecule has 1 aromatic heterocycles. The van der Waals surface area contributed by atoms with E-state index in [0.29, 0.717) is 16.5 Å². The van der Waals surface area contributed by atoms with E-state index in [1.807, 2.05) is 0 Å². The van der Waals surface area contributed by atoms with Gasteiger partial charge in [-0.2, -0.15) is 0 Å². The molecule has 1 aliphatic carbocycles. The van der Waals surface area contributed by atoms with E-state index in [1.165, 1.54) is 36.6 Å². The molecule has 0 amide bonds. The van der Waals surface area contributed by atoms with Crippen molar-refractivity contribution < 1.29 is 28.6 Å². The van der Waals surface area contributed by atoms with Crippen LogP contribution < -0.4 is 10.6 Å². The lowest BCUT2D eigenvalue weighted by Crippen LogP contribution is -2.22. The number of rotatable bonds is 7. The highest BCUT2D eigenvalue weighted by molar-refractivity contribution is 7.80. The molecule has 34 heavy (non-hydrogen) atoms. The lowest BCUT2D eigenvalue weighted by Gasteiger charge is -2.18. The summed E-state index contributed by atoms with van der Waals surface area (Å²) in [7, 11) is 1.35. The van der Waals surface area contributed by atoms with Gasteiger partial charge in [0.05, 0.1) is 42.7 Å². The average molecular weight is 505 g/mol. The van der Waals surface area contributed by atoms with E-state index in [-0.39, 0.29) is 35.1 Å². The van der Waals surface area contributed by atoms with Crippen LogP contribution in [0.2, 0.25) is 0 Å². The Hall–Kier alpha value is -2.98. The molecule has 10 heteroatoms. The van der Waals surface area contributed by atoms with Crippen LogP contribution >= 0.6 is 23.6 Å². The predicted octanol–water partition coefficient (Wildman–Crippen LogP) is 4.82. The van der Waals surface area contributed by atoms with Crippen molar-refractivity contribution in [2.24, 2.45) is 5.92 Å². The maximum atomic E-state index is 12.6. The van der Waals surface area contributed by atoms with Gasteiger partial charge in [0, 0.05) is 4.88 Å². The lowest BCUT2D eigenvalue weighted by molar-refractivity contribution is 0.0512. The smallest absolute Gasteiger partial charge is 0.341 e. The molecule has 1 aromatic carbocycles. The second-order valence-corrected chi connectivity index (χ2v) is 9.34. The molecule has 1 aliphatic rings. The van der Waals surface area contributed by atoms with E-state index < -0.39 is 17.9 Å². The number of benzene rings is 1. The van der Waals surface area contributed by atoms with Crippen LogP contribution in [0.25, 0.3) is 0 Å². The fourth-order valence-electron chi connectivity index (χ4n) is 3.79. The molecule has 0 radical (unpaired) electrons. The van der Waals surface area contributed by atoms with Crippen molar-refractivity contribution in [2.45, 2.75) is 40.0 Å². The third-order valence-corrected chi connectivity index (χ3v) is 6.78. The first-order valence-corrected chi connectivity index (χ1v) is 12.3. The summed E-state index contributed by atoms with van der Waals surface area (Å²) >= 11 is 6.98. The van der Waals surface area contributed by atoms with Gasteiger partial charge in [0.1, 0.15) is 5.00 Å². The molecule has 2 N–H and O–H groups in total. The van der Waals surface area contributed by atoms with E-state index in [4.69, 9.17) is 26.4 Å². The summed E-state index contributed by atoms with van der Waals surface area (Å²) in [5.41, 5.74) is 2.25. The summed E-state index contributed by atoms with van der Waals surface area (Å²) in [5, 5.41) is 6.81. The molecule has 1 unspecified atom stereocenters. The van der Waals surface area contributed by atoms with Crippen molar-refractivity contribution in [1.29, 1.82) is 0 Å². The molecule has 0 saturated carbocycles. The number of ether oxygens (including phenoxy) is 3. The van der Waals surface area contributed by atoms with Crippen molar-refractivity contribution in [3.63, 3.8) is 0 Å². The Morgan fingerprint density at radius 2 is 1.79 bits per heavy atom. The van der Waals surface area contributed by atoms with Crippen LogP contribution in [-0.4, -0.2) is 43.3 Å². The Bertz CT molecular complexity index is 1110. The van der Waals surface area contributed by atoms with Gasteiger partial charge in [-0.3, -0.25) is 0 Å². The highest BCUT2D eigenvalue weighted by Crippen LogP contribution is 2.40. The van der Waals surface area contributed by atoms with Crippen molar-refractivity contribution >= 4 is 57.3 Å². The van der Waals surface area contributed by atoms with E-state index in [1.54, 1.807) is 13.8 Å². The second kappa shape index (κ2) is 11.4. The number of anilines is 2. The molecule has 0 fully saturated rings. The van der Waals surface area contributed by atoms with E-state index in [0.717, 1.165) is 29.7 Å². The predicted molar refractivity (Wildman–Crippen MR) is 135 cm³/mol. The van der Waals surface area contributed by atoms with Crippen molar-refractivity contribution in [2.75, 3.05) is 31.0 Å². The van der Waals surface area contributed by atoms with Gasteiger partial charge in [-0.1, -0.05) is 6.92 Å². The highest BCUT2D eigenvalue weighted by atomic mass is 32.1. The molecule has 8 nitrogen and oxygen atoms in total. The zero-order valence-electron chi connectivity index (χ0n) is 19.6. The number of thiocarbonyl (C=S) groups is 1. The molecule has 1 atom stereocenters. The van der Waals surface area contributed by atoms with Gasteiger partial charge in [-0.05, 0) is 75.0 Å². The van der Waals surface area contributed by atoms with E-state index in [9.17, 15) is 14.4 Å². The number of thiophene rings is 1. The maximum absolute atomic E-state index is 12.6. The van der Waals surface area contributed by atoms with Crippen molar-refractivity contribution in [3.8, 4) is 0 Å². The second-order valence-electron chi connectivity index (χ2n) is 7.83. The molecule has 182 valence electrons. The zero-order valence-corrected chi connectivity index (χ0v) is 21.2. The average Bonchev–Trinajstić information content (AvgIpc) is 3.15. The third kappa shape index (κ3) is 5.74. The van der Waals surface area contributed by atoms with Gasteiger partial charge in [0.25, 0.3) is 0 Å². The number of nitrogens with one attached hydrogen (secondary N) is 2. The molecular formula is C24H28N2O6S2. The zero-order chi connectivity index (χ0) is 24.8. The van der Waals surface area contributed by atoms with Crippen LogP contribution in [0.3, 0.4) is 0 Å². The summed E-state index contributed by atoms with van der Waals surface area (Å²) in [5.74, 6) is -0.965. The van der Waals surface area contributed by atoms with Crippen LogP contribution in [0.4, 0.5) is 10.7 Å². The van der Waals surface area contributed by atoms with Gasteiger partial charge in [-0.25, -0.2) is 14.4 Å². The first-order valence-electron chi connectivity index (χ1n) is 11.1.